The van der Waals surface area contributed by atoms with Crippen LogP contribution in [0.2, 0.25) is 0 Å². The zero-order chi connectivity index (χ0) is 15.7. The van der Waals surface area contributed by atoms with Crippen LogP contribution in [0.15, 0.2) is 9.72 Å². The molecule has 0 bridgehead atoms. The Morgan fingerprint density at radius 3 is 2.67 bits per heavy atom. The van der Waals surface area contributed by atoms with E-state index in [0.29, 0.717) is 13.1 Å². The molecule has 0 amide bonds. The third-order valence-electron chi connectivity index (χ3n) is 4.39. The molecular weight excluding hydrogens is 312 g/mol. The first-order valence-electron chi connectivity index (χ1n) is 6.92. The SMILES string of the molecule is CCC1(CC)CCN(S(=O)(=O)c2scnc2C(=O)OC)C1. The number of nitrogens with zero attached hydrogens (tertiary/aromatic N) is 2. The van der Waals surface area contributed by atoms with Gasteiger partial charge in [0.25, 0.3) is 10.0 Å². The molecule has 6 nitrogen and oxygen atoms in total. The summed E-state index contributed by atoms with van der Waals surface area (Å²) in [5.74, 6) is -0.716. The van der Waals surface area contributed by atoms with E-state index in [1.54, 1.807) is 0 Å². The molecule has 1 fully saturated rings. The topological polar surface area (TPSA) is 76.6 Å². The summed E-state index contributed by atoms with van der Waals surface area (Å²) in [6.45, 7) is 5.17. The van der Waals surface area contributed by atoms with Crippen LogP contribution in [-0.4, -0.2) is 43.9 Å². The maximum absolute atomic E-state index is 12.7. The van der Waals surface area contributed by atoms with Crippen molar-refractivity contribution in [3.05, 3.63) is 11.2 Å². The van der Waals surface area contributed by atoms with Gasteiger partial charge in [-0.2, -0.15) is 4.31 Å². The Balaban J connectivity index is 2.32. The van der Waals surface area contributed by atoms with Crippen molar-refractivity contribution in [3.8, 4) is 0 Å². The summed E-state index contributed by atoms with van der Waals surface area (Å²) in [5, 5.41) is 0. The molecule has 0 aliphatic carbocycles. The average Bonchev–Trinajstić information content (AvgIpc) is 3.14. The predicted octanol–water partition coefficient (Wildman–Crippen LogP) is 2.13. The molecule has 0 N–H and O–H groups in total. The Morgan fingerprint density at radius 1 is 1.48 bits per heavy atom. The fraction of sp³-hybridized carbons (Fsp3) is 0.692. The van der Waals surface area contributed by atoms with Crippen LogP contribution in [0.1, 0.15) is 43.6 Å². The van der Waals surface area contributed by atoms with Crippen LogP contribution in [0.3, 0.4) is 0 Å². The van der Waals surface area contributed by atoms with Crippen LogP contribution >= 0.6 is 11.3 Å². The zero-order valence-electron chi connectivity index (χ0n) is 12.5. The number of rotatable bonds is 5. The van der Waals surface area contributed by atoms with E-state index in [0.717, 1.165) is 30.6 Å². The number of carbonyl (C=O) groups excluding carboxylic acids is 1. The van der Waals surface area contributed by atoms with Crippen LogP contribution in [0.25, 0.3) is 0 Å². The van der Waals surface area contributed by atoms with E-state index in [-0.39, 0.29) is 15.3 Å². The van der Waals surface area contributed by atoms with Crippen LogP contribution in [0, 0.1) is 5.41 Å². The summed E-state index contributed by atoms with van der Waals surface area (Å²) in [4.78, 5) is 15.5. The molecule has 0 radical (unpaired) electrons. The summed E-state index contributed by atoms with van der Waals surface area (Å²) in [6, 6.07) is 0. The maximum atomic E-state index is 12.7. The minimum Gasteiger partial charge on any atom is -0.464 e. The lowest BCUT2D eigenvalue weighted by atomic mass is 9.82. The Labute approximate surface area is 129 Å². The number of ether oxygens (including phenoxy) is 1. The third-order valence-corrected chi connectivity index (χ3v) is 7.58. The molecule has 0 saturated carbocycles. The number of methoxy groups -OCH3 is 1. The van der Waals surface area contributed by atoms with Crippen molar-refractivity contribution < 1.29 is 17.9 Å². The molecule has 2 rings (SSSR count). The largest absolute Gasteiger partial charge is 0.464 e. The third kappa shape index (κ3) is 2.84. The number of hydrogen-bond acceptors (Lipinski definition) is 6. The monoisotopic (exact) mass is 332 g/mol. The van der Waals surface area contributed by atoms with Crippen molar-refractivity contribution in [1.29, 1.82) is 0 Å². The quantitative estimate of drug-likeness (QED) is 0.772. The number of esters is 1. The van der Waals surface area contributed by atoms with Gasteiger partial charge in [-0.15, -0.1) is 11.3 Å². The molecule has 1 aliphatic heterocycles. The second-order valence-electron chi connectivity index (χ2n) is 5.28. The van der Waals surface area contributed by atoms with E-state index in [1.807, 2.05) is 0 Å². The molecule has 0 unspecified atom stereocenters. The Morgan fingerprint density at radius 2 is 2.14 bits per heavy atom. The Hall–Kier alpha value is -0.990. The minimum absolute atomic E-state index is 0.0163. The van der Waals surface area contributed by atoms with Gasteiger partial charge in [0.2, 0.25) is 0 Å². The van der Waals surface area contributed by atoms with Gasteiger partial charge in [0.15, 0.2) is 9.90 Å². The summed E-state index contributed by atoms with van der Waals surface area (Å²) in [7, 11) is -2.47. The van der Waals surface area contributed by atoms with Gasteiger partial charge >= 0.3 is 5.97 Å². The van der Waals surface area contributed by atoms with E-state index >= 15 is 0 Å². The van der Waals surface area contributed by atoms with Gasteiger partial charge in [-0.3, -0.25) is 0 Å². The van der Waals surface area contributed by atoms with Crippen molar-refractivity contribution in [3.63, 3.8) is 0 Å². The molecule has 1 aliphatic rings. The van der Waals surface area contributed by atoms with Crippen molar-refractivity contribution in [2.24, 2.45) is 5.41 Å². The lowest BCUT2D eigenvalue weighted by Gasteiger charge is -2.26. The molecule has 0 spiro atoms. The first-order valence-corrected chi connectivity index (χ1v) is 9.24. The average molecular weight is 332 g/mol. The lowest BCUT2D eigenvalue weighted by Crippen LogP contribution is -2.32. The second kappa shape index (κ2) is 6.02. The van der Waals surface area contributed by atoms with Crippen LogP contribution in [-0.2, 0) is 14.8 Å². The summed E-state index contributed by atoms with van der Waals surface area (Å²) in [5.41, 5.74) is 1.29. The molecule has 0 aromatic carbocycles. The van der Waals surface area contributed by atoms with E-state index in [4.69, 9.17) is 0 Å². The number of hydrogen-bond donors (Lipinski definition) is 0. The van der Waals surface area contributed by atoms with Gasteiger partial charge < -0.3 is 4.74 Å². The molecule has 1 saturated heterocycles. The molecular formula is C13H20N2O4S2. The van der Waals surface area contributed by atoms with Crippen molar-refractivity contribution >= 4 is 27.3 Å². The van der Waals surface area contributed by atoms with Crippen LogP contribution in [0.4, 0.5) is 0 Å². The lowest BCUT2D eigenvalue weighted by molar-refractivity contribution is 0.0590. The predicted molar refractivity (Wildman–Crippen MR) is 79.8 cm³/mol. The van der Waals surface area contributed by atoms with E-state index < -0.39 is 16.0 Å². The van der Waals surface area contributed by atoms with Gasteiger partial charge in [-0.05, 0) is 24.7 Å². The standard InChI is InChI=1S/C13H20N2O4S2/c1-4-13(5-2)6-7-15(8-13)21(17,18)12-10(11(16)19-3)14-9-20-12/h9H,4-8H2,1-3H3. The van der Waals surface area contributed by atoms with E-state index in [9.17, 15) is 13.2 Å². The fourth-order valence-corrected chi connectivity index (χ4v) is 5.52. The van der Waals surface area contributed by atoms with Gasteiger partial charge in [-0.25, -0.2) is 18.2 Å². The summed E-state index contributed by atoms with van der Waals surface area (Å²) < 4.78 is 31.5. The van der Waals surface area contributed by atoms with Crippen LogP contribution in [0.5, 0.6) is 0 Å². The van der Waals surface area contributed by atoms with E-state index in [1.165, 1.54) is 16.9 Å². The summed E-state index contributed by atoms with van der Waals surface area (Å²) in [6.07, 6.45) is 2.75. The molecule has 118 valence electrons. The highest BCUT2D eigenvalue weighted by Crippen LogP contribution is 2.40. The number of thiazole rings is 1. The molecule has 1 aromatic rings. The first kappa shape index (κ1) is 16.4. The highest BCUT2D eigenvalue weighted by Gasteiger charge is 2.42. The Bertz CT molecular complexity index is 620. The number of sulfonamides is 1. The van der Waals surface area contributed by atoms with Gasteiger partial charge in [-0.1, -0.05) is 13.8 Å². The molecule has 2 heterocycles. The van der Waals surface area contributed by atoms with Crippen molar-refractivity contribution in [2.75, 3.05) is 20.2 Å². The fourth-order valence-electron chi connectivity index (χ4n) is 2.69. The maximum Gasteiger partial charge on any atom is 0.358 e. The minimum atomic E-state index is -3.68. The molecule has 21 heavy (non-hydrogen) atoms. The van der Waals surface area contributed by atoms with Gasteiger partial charge in [0.1, 0.15) is 0 Å². The smallest absolute Gasteiger partial charge is 0.358 e. The zero-order valence-corrected chi connectivity index (χ0v) is 14.1. The highest BCUT2D eigenvalue weighted by atomic mass is 32.2. The van der Waals surface area contributed by atoms with Crippen molar-refractivity contribution in [1.82, 2.24) is 9.29 Å². The Kier molecular flexibility index (Phi) is 4.69. The summed E-state index contributed by atoms with van der Waals surface area (Å²) >= 11 is 0.961. The molecule has 0 atom stereocenters. The normalized spacial score (nSPS) is 18.8. The van der Waals surface area contributed by atoms with Gasteiger partial charge in [0, 0.05) is 13.1 Å². The second-order valence-corrected chi connectivity index (χ2v) is 8.26. The first-order chi connectivity index (χ1) is 9.90. The van der Waals surface area contributed by atoms with E-state index in [2.05, 4.69) is 23.6 Å². The molecule has 1 aromatic heterocycles. The highest BCUT2D eigenvalue weighted by molar-refractivity contribution is 7.91. The van der Waals surface area contributed by atoms with Crippen molar-refractivity contribution in [2.45, 2.75) is 37.3 Å². The number of aromatic nitrogens is 1. The number of carbonyl (C=O) groups is 1. The van der Waals surface area contributed by atoms with Gasteiger partial charge in [0.05, 0.1) is 12.6 Å². The van der Waals surface area contributed by atoms with Crippen LogP contribution < -0.4 is 0 Å². The molecule has 8 heteroatoms.